The third kappa shape index (κ3) is 5.95. The summed E-state index contributed by atoms with van der Waals surface area (Å²) in [4.78, 5) is 13.6. The maximum atomic E-state index is 12.2. The molecule has 3 rings (SSSR count). The van der Waals surface area contributed by atoms with Gasteiger partial charge in [0.05, 0.1) is 12.7 Å². The molecule has 0 bridgehead atoms. The number of hydrogen-bond acceptors (Lipinski definition) is 2. The first-order valence-corrected chi connectivity index (χ1v) is 12.4. The van der Waals surface area contributed by atoms with Crippen molar-refractivity contribution in [1.29, 1.82) is 5.41 Å². The fourth-order valence-corrected chi connectivity index (χ4v) is 8.13. The van der Waals surface area contributed by atoms with Gasteiger partial charge in [-0.15, -0.1) is 0 Å². The number of nitrogens with zero attached hydrogens (tertiary/aromatic N) is 1. The molecule has 0 fully saturated rings. The first-order chi connectivity index (χ1) is 15.0. The van der Waals surface area contributed by atoms with Crippen molar-refractivity contribution in [1.82, 2.24) is 10.2 Å². The van der Waals surface area contributed by atoms with E-state index in [-0.39, 0.29) is 25.8 Å². The molecule has 0 aliphatic rings. The molecule has 1 amide bonds. The summed E-state index contributed by atoms with van der Waals surface area (Å²) in [5.41, 5.74) is 5.42. The van der Waals surface area contributed by atoms with Gasteiger partial charge in [0.15, 0.2) is 5.96 Å². The van der Waals surface area contributed by atoms with E-state index in [2.05, 4.69) is 96.3 Å². The van der Waals surface area contributed by atoms with Gasteiger partial charge in [-0.05, 0) is 42.8 Å². The zero-order valence-corrected chi connectivity index (χ0v) is 19.8. The molecule has 0 aliphatic heterocycles. The highest BCUT2D eigenvalue weighted by Gasteiger charge is 2.44. The lowest BCUT2D eigenvalue weighted by atomic mass is 10.3. The second-order valence-corrected chi connectivity index (χ2v) is 11.1. The maximum absolute atomic E-state index is 12.2. The van der Waals surface area contributed by atoms with Gasteiger partial charge in [0, 0.05) is 13.6 Å². The number of hydrogen-bond donors (Lipinski definition) is 3. The molecule has 0 unspecified atom stereocenters. The number of amides is 1. The summed E-state index contributed by atoms with van der Waals surface area (Å²) in [5, 5.41) is 14.4. The second-order valence-electron chi connectivity index (χ2n) is 7.48. The summed E-state index contributed by atoms with van der Waals surface area (Å²) in [7, 11) is -0.235. The zero-order valence-electron chi connectivity index (χ0n) is 18.9. The molecule has 3 aromatic rings. The minimum absolute atomic E-state index is 0. The normalized spacial score (nSPS) is 10.7. The Labute approximate surface area is 192 Å². The number of benzene rings is 3. The van der Waals surface area contributed by atoms with Crippen molar-refractivity contribution in [3.05, 3.63) is 98.4 Å². The first-order valence-electron chi connectivity index (χ1n) is 10.4. The molecule has 0 saturated heterocycles. The van der Waals surface area contributed by atoms with Crippen LogP contribution in [-0.2, 0) is 4.79 Å². The van der Waals surface area contributed by atoms with E-state index >= 15 is 0 Å². The largest absolute Gasteiger partial charge is 0.370 e. The van der Waals surface area contributed by atoms with Crippen LogP contribution in [-0.4, -0.2) is 43.1 Å². The van der Waals surface area contributed by atoms with E-state index in [4.69, 9.17) is 11.1 Å². The van der Waals surface area contributed by atoms with Gasteiger partial charge >= 0.3 is 0 Å². The van der Waals surface area contributed by atoms with Gasteiger partial charge in [0.1, 0.15) is 23.2 Å². The molecule has 3 aromatic carbocycles. The van der Waals surface area contributed by atoms with E-state index in [9.17, 15) is 4.79 Å². The molecule has 0 saturated carbocycles. The smallest absolute Gasteiger partial charge is 0.239 e. The van der Waals surface area contributed by atoms with Crippen molar-refractivity contribution in [2.75, 3.05) is 26.3 Å². The predicted octanol–water partition coefficient (Wildman–Crippen LogP) is 2.76. The molecule has 32 heavy (non-hydrogen) atoms. The van der Waals surface area contributed by atoms with Crippen LogP contribution in [0.25, 0.3) is 0 Å². The molecule has 0 atom stereocenters. The van der Waals surface area contributed by atoms with Gasteiger partial charge in [0.25, 0.3) is 0 Å². The van der Waals surface area contributed by atoms with Crippen LogP contribution in [0.1, 0.15) is 6.42 Å². The van der Waals surface area contributed by atoms with E-state index in [0.29, 0.717) is 6.54 Å². The predicted molar refractivity (Wildman–Crippen MR) is 139 cm³/mol. The molecule has 6 heteroatoms. The molecular weight excluding hydrogens is 415 g/mol. The summed E-state index contributed by atoms with van der Waals surface area (Å²) in [6.45, 7) is 0.671. The van der Waals surface area contributed by atoms with Gasteiger partial charge < -0.3 is 23.4 Å². The Balaban J connectivity index is 0.00000363. The van der Waals surface area contributed by atoms with Crippen LogP contribution in [0.5, 0.6) is 0 Å². The molecule has 0 aromatic heterocycles. The van der Waals surface area contributed by atoms with Crippen LogP contribution in [0.3, 0.4) is 0 Å². The van der Waals surface area contributed by atoms with Crippen molar-refractivity contribution >= 4 is 35.0 Å². The second kappa shape index (κ2) is 12.0. The summed E-state index contributed by atoms with van der Waals surface area (Å²) in [6.07, 6.45) is 1.80. The fraction of sp³-hybridized carbons (Fsp3) is 0.192. The van der Waals surface area contributed by atoms with Gasteiger partial charge in [-0.3, -0.25) is 10.2 Å². The molecule has 0 aliphatic carbocycles. The van der Waals surface area contributed by atoms with E-state index in [1.165, 1.54) is 20.8 Å². The Bertz CT molecular complexity index is 884. The van der Waals surface area contributed by atoms with Crippen molar-refractivity contribution < 1.29 is 4.79 Å². The highest BCUT2D eigenvalue weighted by molar-refractivity contribution is 7.95. The lowest BCUT2D eigenvalue weighted by Gasteiger charge is -2.27. The number of carbonyl (C=O) groups is 1. The molecule has 0 radical (unpaired) electrons. The molecule has 4 N–H and O–H groups in total. The average molecular weight is 449 g/mol. The molecule has 168 valence electrons. The van der Waals surface area contributed by atoms with Crippen LogP contribution < -0.4 is 27.0 Å². The highest BCUT2D eigenvalue weighted by Crippen LogP contribution is 2.55. The number of likely N-dealkylation sites (N-methyl/N-ethyl adjacent to an activating group) is 1. The van der Waals surface area contributed by atoms with Gasteiger partial charge in [0.2, 0.25) is 5.91 Å². The van der Waals surface area contributed by atoms with Crippen LogP contribution >= 0.6 is 7.26 Å². The molecule has 0 heterocycles. The Morgan fingerprint density at radius 3 is 1.66 bits per heavy atom. The van der Waals surface area contributed by atoms with E-state index in [1.54, 1.807) is 7.05 Å². The van der Waals surface area contributed by atoms with Crippen LogP contribution in [0, 0.1) is 12.8 Å². The Morgan fingerprint density at radius 2 is 1.28 bits per heavy atom. The van der Waals surface area contributed by atoms with E-state index < -0.39 is 7.26 Å². The Morgan fingerprint density at radius 1 is 0.875 bits per heavy atom. The average Bonchev–Trinajstić information content (AvgIpc) is 2.81. The summed E-state index contributed by atoms with van der Waals surface area (Å²) >= 11 is 0. The van der Waals surface area contributed by atoms with E-state index in [0.717, 1.165) is 12.6 Å². The lowest BCUT2D eigenvalue weighted by molar-refractivity contribution is -0.121. The quantitative estimate of drug-likeness (QED) is 0.155. The topological polar surface area (TPSA) is 82.2 Å². The lowest BCUT2D eigenvalue weighted by Crippen LogP contribution is -2.41. The molecule has 0 spiro atoms. The molecule has 5 nitrogen and oxygen atoms in total. The summed E-state index contributed by atoms with van der Waals surface area (Å²) < 4.78 is 0. The third-order valence-electron chi connectivity index (χ3n) is 5.38. The van der Waals surface area contributed by atoms with Gasteiger partial charge in [-0.2, -0.15) is 0 Å². The first kappa shape index (κ1) is 25.1. The number of rotatable bonds is 9. The number of nitrogens with two attached hydrogens (primary N) is 1. The Kier molecular flexibility index (Phi) is 9.42. The minimum atomic E-state index is -1.87. The zero-order chi connectivity index (χ0) is 22.1. The monoisotopic (exact) mass is 448 g/mol. The van der Waals surface area contributed by atoms with Crippen molar-refractivity contribution in [2.45, 2.75) is 6.42 Å². The summed E-state index contributed by atoms with van der Waals surface area (Å²) in [5.74, 6) is -0.238. The third-order valence-corrected chi connectivity index (χ3v) is 9.90. The number of nitrogens with one attached hydrogen (secondary N) is 2. The van der Waals surface area contributed by atoms with E-state index in [1.807, 2.05) is 0 Å². The number of carbonyl (C=O) groups excluding carboxylic acids is 1. The van der Waals surface area contributed by atoms with Crippen molar-refractivity contribution in [2.24, 2.45) is 5.73 Å². The fourth-order valence-electron chi connectivity index (χ4n) is 3.78. The maximum Gasteiger partial charge on any atom is 0.239 e. The standard InChI is InChI=1S/C25H29N4OP.CH3/c1-29(25(26)27)20-24(30)28-18-11-19-31(21-12-5-2-6-13-21,22-14-7-3-8-15-22)23-16-9-4-10-17-23;/h2-10,12-17H,11,18-20H2,1H3,(H3-,26,27,28,30);1H3/q;-1/p+1. The summed E-state index contributed by atoms with van der Waals surface area (Å²) in [6, 6.07) is 32.2. The van der Waals surface area contributed by atoms with Crippen molar-refractivity contribution in [3.8, 4) is 0 Å². The molecular formula is C26H33N4OP. The number of guanidine groups is 1. The van der Waals surface area contributed by atoms with Crippen LogP contribution in [0.2, 0.25) is 0 Å². The highest BCUT2D eigenvalue weighted by atomic mass is 31.2. The SMILES string of the molecule is CN(CC(=O)NCCC[P+](c1ccccc1)(c1ccccc1)c1ccccc1)C(=N)N.[CH3-]. The Hall–Kier alpha value is -3.17. The van der Waals surface area contributed by atoms with Crippen LogP contribution in [0.15, 0.2) is 91.0 Å². The van der Waals surface area contributed by atoms with Gasteiger partial charge in [-0.1, -0.05) is 54.6 Å². The van der Waals surface area contributed by atoms with Gasteiger partial charge in [-0.25, -0.2) is 0 Å². The van der Waals surface area contributed by atoms with Crippen LogP contribution in [0.4, 0.5) is 0 Å². The van der Waals surface area contributed by atoms with Crippen molar-refractivity contribution in [3.63, 3.8) is 0 Å². The minimum Gasteiger partial charge on any atom is -0.370 e.